The van der Waals surface area contributed by atoms with Crippen LogP contribution >= 0.6 is 0 Å². The van der Waals surface area contributed by atoms with Gasteiger partial charge in [-0.25, -0.2) is 0 Å². The van der Waals surface area contributed by atoms with E-state index in [2.05, 4.69) is 48.5 Å². The van der Waals surface area contributed by atoms with Crippen LogP contribution in [-0.2, 0) is 13.6 Å². The van der Waals surface area contributed by atoms with E-state index in [0.29, 0.717) is 5.92 Å². The minimum atomic E-state index is 0.591. The van der Waals surface area contributed by atoms with Crippen LogP contribution in [0.5, 0.6) is 0 Å². The molecule has 2 rings (SSSR count). The predicted molar refractivity (Wildman–Crippen MR) is 71.1 cm³/mol. The summed E-state index contributed by atoms with van der Waals surface area (Å²) < 4.78 is 1.80. The molecule has 1 aromatic carbocycles. The van der Waals surface area contributed by atoms with E-state index in [9.17, 15) is 0 Å². The number of hydrogen-bond donors (Lipinski definition) is 1. The van der Waals surface area contributed by atoms with Crippen molar-refractivity contribution in [1.82, 2.24) is 9.78 Å². The Morgan fingerprint density at radius 1 is 1.18 bits per heavy atom. The van der Waals surface area contributed by atoms with E-state index >= 15 is 0 Å². The zero-order chi connectivity index (χ0) is 12.3. The van der Waals surface area contributed by atoms with E-state index in [0.717, 1.165) is 12.4 Å². The van der Waals surface area contributed by atoms with Crippen molar-refractivity contribution < 1.29 is 0 Å². The van der Waals surface area contributed by atoms with Gasteiger partial charge in [0.2, 0.25) is 0 Å². The second-order valence-electron chi connectivity index (χ2n) is 4.62. The molecule has 0 radical (unpaired) electrons. The molecule has 17 heavy (non-hydrogen) atoms. The molecule has 0 aliphatic heterocycles. The Hall–Kier alpha value is -1.77. The number of aryl methyl sites for hydroxylation is 1. The summed E-state index contributed by atoms with van der Waals surface area (Å²) in [6.07, 6.45) is 1.93. The Balaban J connectivity index is 1.95. The Labute approximate surface area is 102 Å². The highest BCUT2D eigenvalue weighted by Crippen LogP contribution is 2.15. The minimum absolute atomic E-state index is 0.591. The maximum absolute atomic E-state index is 4.28. The van der Waals surface area contributed by atoms with Crippen molar-refractivity contribution in [2.75, 3.05) is 5.32 Å². The van der Waals surface area contributed by atoms with Gasteiger partial charge in [0, 0.05) is 25.9 Å². The molecular weight excluding hydrogens is 210 g/mol. The highest BCUT2D eigenvalue weighted by Gasteiger charge is 2.00. The van der Waals surface area contributed by atoms with E-state index in [1.165, 1.54) is 11.1 Å². The zero-order valence-electron chi connectivity index (χ0n) is 10.6. The number of aromatic nitrogens is 2. The van der Waals surface area contributed by atoms with Crippen LogP contribution in [0.2, 0.25) is 0 Å². The SMILES string of the molecule is CC(C)c1ccc(CNc2ccn(C)n2)cc1. The molecule has 1 N–H and O–H groups in total. The zero-order valence-corrected chi connectivity index (χ0v) is 10.6. The average molecular weight is 229 g/mol. The van der Waals surface area contributed by atoms with Crippen molar-refractivity contribution in [3.05, 3.63) is 47.7 Å². The molecule has 0 fully saturated rings. The highest BCUT2D eigenvalue weighted by atomic mass is 15.3. The second-order valence-corrected chi connectivity index (χ2v) is 4.62. The topological polar surface area (TPSA) is 29.9 Å². The Morgan fingerprint density at radius 3 is 2.41 bits per heavy atom. The molecular formula is C14H19N3. The van der Waals surface area contributed by atoms with E-state index in [1.807, 2.05) is 19.3 Å². The number of anilines is 1. The summed E-state index contributed by atoms with van der Waals surface area (Å²) in [5.74, 6) is 1.51. The summed E-state index contributed by atoms with van der Waals surface area (Å²) in [6.45, 7) is 5.23. The van der Waals surface area contributed by atoms with Crippen molar-refractivity contribution in [2.45, 2.75) is 26.3 Å². The van der Waals surface area contributed by atoms with Gasteiger partial charge in [0.1, 0.15) is 5.82 Å². The first-order valence-corrected chi connectivity index (χ1v) is 5.97. The number of rotatable bonds is 4. The average Bonchev–Trinajstić information content (AvgIpc) is 2.73. The van der Waals surface area contributed by atoms with Gasteiger partial charge in [-0.15, -0.1) is 0 Å². The molecule has 3 heteroatoms. The van der Waals surface area contributed by atoms with E-state index < -0.39 is 0 Å². The normalized spacial score (nSPS) is 10.8. The standard InChI is InChI=1S/C14H19N3/c1-11(2)13-6-4-12(5-7-13)10-15-14-8-9-17(3)16-14/h4-9,11H,10H2,1-3H3,(H,15,16). The van der Waals surface area contributed by atoms with Gasteiger partial charge in [0.05, 0.1) is 0 Å². The fourth-order valence-corrected chi connectivity index (χ4v) is 1.72. The van der Waals surface area contributed by atoms with Gasteiger partial charge in [0.25, 0.3) is 0 Å². The van der Waals surface area contributed by atoms with Crippen LogP contribution in [-0.4, -0.2) is 9.78 Å². The maximum atomic E-state index is 4.28. The van der Waals surface area contributed by atoms with Gasteiger partial charge in [0.15, 0.2) is 0 Å². The molecule has 0 saturated carbocycles. The fraction of sp³-hybridized carbons (Fsp3) is 0.357. The van der Waals surface area contributed by atoms with Gasteiger partial charge >= 0.3 is 0 Å². The Morgan fingerprint density at radius 2 is 1.88 bits per heavy atom. The van der Waals surface area contributed by atoms with Gasteiger partial charge in [-0.2, -0.15) is 5.10 Å². The van der Waals surface area contributed by atoms with Crippen LogP contribution in [0.1, 0.15) is 30.9 Å². The molecule has 2 aromatic rings. The van der Waals surface area contributed by atoms with E-state index in [1.54, 1.807) is 4.68 Å². The van der Waals surface area contributed by atoms with Crippen LogP contribution in [0, 0.1) is 0 Å². The molecule has 0 unspecified atom stereocenters. The summed E-state index contributed by atoms with van der Waals surface area (Å²) in [6, 6.07) is 10.7. The lowest BCUT2D eigenvalue weighted by atomic mass is 10.0. The largest absolute Gasteiger partial charge is 0.365 e. The molecule has 0 saturated heterocycles. The lowest BCUT2D eigenvalue weighted by Crippen LogP contribution is -2.01. The summed E-state index contributed by atoms with van der Waals surface area (Å²) >= 11 is 0. The molecule has 3 nitrogen and oxygen atoms in total. The van der Waals surface area contributed by atoms with Gasteiger partial charge in [-0.05, 0) is 17.0 Å². The Kier molecular flexibility index (Phi) is 3.47. The summed E-state index contributed by atoms with van der Waals surface area (Å²) in [4.78, 5) is 0. The van der Waals surface area contributed by atoms with Crippen LogP contribution < -0.4 is 5.32 Å². The molecule has 0 bridgehead atoms. The third-order valence-corrected chi connectivity index (χ3v) is 2.83. The lowest BCUT2D eigenvalue weighted by Gasteiger charge is -2.07. The quantitative estimate of drug-likeness (QED) is 0.872. The third kappa shape index (κ3) is 3.09. The number of nitrogens with one attached hydrogen (secondary N) is 1. The molecule has 1 heterocycles. The van der Waals surface area contributed by atoms with Crippen LogP contribution in [0.25, 0.3) is 0 Å². The monoisotopic (exact) mass is 229 g/mol. The molecule has 0 aliphatic rings. The van der Waals surface area contributed by atoms with Crippen LogP contribution in [0.4, 0.5) is 5.82 Å². The third-order valence-electron chi connectivity index (χ3n) is 2.83. The van der Waals surface area contributed by atoms with Gasteiger partial charge < -0.3 is 5.32 Å². The predicted octanol–water partition coefficient (Wildman–Crippen LogP) is 3.16. The highest BCUT2D eigenvalue weighted by molar-refractivity contribution is 5.34. The van der Waals surface area contributed by atoms with Crippen LogP contribution in [0.15, 0.2) is 36.5 Å². The number of benzene rings is 1. The smallest absolute Gasteiger partial charge is 0.148 e. The maximum Gasteiger partial charge on any atom is 0.148 e. The van der Waals surface area contributed by atoms with Crippen molar-refractivity contribution in [2.24, 2.45) is 7.05 Å². The van der Waals surface area contributed by atoms with Gasteiger partial charge in [-0.1, -0.05) is 38.1 Å². The summed E-state index contributed by atoms with van der Waals surface area (Å²) in [5, 5.41) is 7.58. The van der Waals surface area contributed by atoms with Crippen molar-refractivity contribution >= 4 is 5.82 Å². The van der Waals surface area contributed by atoms with Crippen LogP contribution in [0.3, 0.4) is 0 Å². The molecule has 0 atom stereocenters. The molecule has 1 aromatic heterocycles. The Bertz CT molecular complexity index is 468. The molecule has 0 spiro atoms. The first-order valence-electron chi connectivity index (χ1n) is 5.97. The fourth-order valence-electron chi connectivity index (χ4n) is 1.72. The van der Waals surface area contributed by atoms with Crippen molar-refractivity contribution in [1.29, 1.82) is 0 Å². The van der Waals surface area contributed by atoms with Crippen molar-refractivity contribution in [3.8, 4) is 0 Å². The minimum Gasteiger partial charge on any atom is -0.365 e. The first-order chi connectivity index (χ1) is 8.15. The van der Waals surface area contributed by atoms with Crippen molar-refractivity contribution in [3.63, 3.8) is 0 Å². The van der Waals surface area contributed by atoms with Gasteiger partial charge in [-0.3, -0.25) is 4.68 Å². The molecule has 0 aliphatic carbocycles. The molecule has 0 amide bonds. The second kappa shape index (κ2) is 5.04. The summed E-state index contributed by atoms with van der Waals surface area (Å²) in [7, 11) is 1.92. The van der Waals surface area contributed by atoms with E-state index in [4.69, 9.17) is 0 Å². The molecule has 90 valence electrons. The first kappa shape index (κ1) is 11.7. The number of nitrogens with zero attached hydrogens (tertiary/aromatic N) is 2. The van der Waals surface area contributed by atoms with E-state index in [-0.39, 0.29) is 0 Å². The lowest BCUT2D eigenvalue weighted by molar-refractivity contribution is 0.768. The number of hydrogen-bond acceptors (Lipinski definition) is 2. The summed E-state index contributed by atoms with van der Waals surface area (Å²) in [5.41, 5.74) is 2.66.